The van der Waals surface area contributed by atoms with Crippen molar-refractivity contribution in [2.45, 2.75) is 12.2 Å². The van der Waals surface area contributed by atoms with Crippen LogP contribution in [0.3, 0.4) is 0 Å². The monoisotopic (exact) mass is 372 g/mol. The van der Waals surface area contributed by atoms with Gasteiger partial charge < -0.3 is 0 Å². The van der Waals surface area contributed by atoms with Crippen LogP contribution in [0.25, 0.3) is 0 Å². The first-order chi connectivity index (χ1) is 5.52. The Morgan fingerprint density at radius 2 is 1.42 bits per heavy atom. The van der Waals surface area contributed by atoms with Crippen LogP contribution in [-0.2, 0) is 17.6 Å². The van der Waals surface area contributed by atoms with Crippen molar-refractivity contribution >= 4 is 35.6 Å². The van der Waals surface area contributed by atoms with E-state index in [-0.39, 0.29) is 0 Å². The molecule has 0 saturated carbocycles. The molecular formula is C4H4O7Pb. The Bertz CT molecular complexity index is 224. The zero-order chi connectivity index (χ0) is 9.30. The summed E-state index contributed by atoms with van der Waals surface area (Å²) in [5.41, 5.74) is 0. The number of carbonyl (C=O) groups is 2. The van der Waals surface area contributed by atoms with Crippen LogP contribution in [0.5, 0.6) is 0 Å². The van der Waals surface area contributed by atoms with Crippen LogP contribution in [0.4, 0.5) is 0 Å². The van der Waals surface area contributed by atoms with Crippen molar-refractivity contribution < 1.29 is 27.9 Å². The number of hydrogen-bond acceptors (Lipinski definition) is 7. The van der Waals surface area contributed by atoms with Crippen LogP contribution in [0.15, 0.2) is 0 Å². The molecule has 2 N–H and O–H groups in total. The van der Waals surface area contributed by atoms with E-state index in [1.807, 2.05) is 0 Å². The molecule has 0 radical (unpaired) electrons. The molecule has 8 heteroatoms. The van der Waals surface area contributed by atoms with Gasteiger partial charge in [-0.3, -0.25) is 0 Å². The van der Waals surface area contributed by atoms with Gasteiger partial charge in [-0.05, 0) is 0 Å². The van der Waals surface area contributed by atoms with Crippen LogP contribution in [0.2, 0.25) is 0 Å². The van der Waals surface area contributed by atoms with Crippen LogP contribution in [0.1, 0.15) is 0 Å². The van der Waals surface area contributed by atoms with Gasteiger partial charge in [0.25, 0.3) is 0 Å². The molecule has 1 aliphatic heterocycles. The third kappa shape index (κ3) is 1.84. The van der Waals surface area contributed by atoms with Crippen molar-refractivity contribution in [3.63, 3.8) is 0 Å². The van der Waals surface area contributed by atoms with Crippen LogP contribution < -0.4 is 0 Å². The van der Waals surface area contributed by atoms with Gasteiger partial charge in [0.2, 0.25) is 0 Å². The molecule has 0 aliphatic carbocycles. The Labute approximate surface area is 75.8 Å². The summed E-state index contributed by atoms with van der Waals surface area (Å²) in [6.45, 7) is 0. The quantitative estimate of drug-likeness (QED) is 0.444. The van der Waals surface area contributed by atoms with Gasteiger partial charge in [-0.25, -0.2) is 0 Å². The van der Waals surface area contributed by atoms with Gasteiger partial charge in [-0.2, -0.15) is 0 Å². The van der Waals surface area contributed by atoms with E-state index in [9.17, 15) is 12.3 Å². The van der Waals surface area contributed by atoms with Crippen LogP contribution >= 0.6 is 0 Å². The maximum absolute atomic E-state index is 10.6. The third-order valence-corrected chi connectivity index (χ3v) is 4.01. The summed E-state index contributed by atoms with van der Waals surface area (Å²) in [7, 11) is 0. The van der Waals surface area contributed by atoms with Gasteiger partial charge in [-0.1, -0.05) is 0 Å². The predicted molar refractivity (Wildman–Crippen MR) is 30.6 cm³/mol. The molecule has 7 nitrogen and oxygen atoms in total. The number of carbonyl (C=O) groups excluding carboxylic acids is 2. The zero-order valence-electron chi connectivity index (χ0n) is 5.59. The molecule has 0 aromatic carbocycles. The molecule has 0 aromatic heterocycles. The fourth-order valence-electron chi connectivity index (χ4n) is 0.564. The van der Waals surface area contributed by atoms with Crippen molar-refractivity contribution in [3.8, 4) is 0 Å². The number of rotatable bonds is 0. The molecular weight excluding hydrogens is 367 g/mol. The van der Waals surface area contributed by atoms with E-state index in [1.165, 1.54) is 0 Å². The van der Waals surface area contributed by atoms with E-state index in [4.69, 9.17) is 10.2 Å². The molecule has 0 spiro atoms. The Morgan fingerprint density at radius 1 is 1.08 bits per heavy atom. The third-order valence-electron chi connectivity index (χ3n) is 1.15. The fraction of sp³-hybridized carbons (Fsp3) is 0.500. The molecule has 1 fully saturated rings. The molecule has 66 valence electrons. The second-order valence-corrected chi connectivity index (χ2v) is 5.51. The molecule has 0 aromatic rings. The SMILES string of the molecule is O=C1[O][Pb](=[O])[O]C(=O)C(O)C1O. The van der Waals surface area contributed by atoms with Crippen molar-refractivity contribution in [2.24, 2.45) is 0 Å². The molecule has 0 bridgehead atoms. The van der Waals surface area contributed by atoms with Crippen molar-refractivity contribution in [1.29, 1.82) is 0 Å². The standard InChI is InChI=1S/C4H6O6.O.Pb/c5-1(3(7)8)2(6)4(9)10;;/h1-2,5-6H,(H,7,8)(H,9,10);;/q;;+2/p-2. The first-order valence-electron chi connectivity index (χ1n) is 2.86. The van der Waals surface area contributed by atoms with E-state index in [0.717, 1.165) is 0 Å². The minimum absolute atomic E-state index is 1.29. The van der Waals surface area contributed by atoms with E-state index < -0.39 is 47.8 Å². The average Bonchev–Trinajstić information content (AvgIpc) is 2.05. The van der Waals surface area contributed by atoms with E-state index in [0.29, 0.717) is 0 Å². The Hall–Kier alpha value is -0.418. The summed E-state index contributed by atoms with van der Waals surface area (Å²) in [5, 5.41) is 17.6. The summed E-state index contributed by atoms with van der Waals surface area (Å²) in [6.07, 6.45) is -4.01. The molecule has 2 unspecified atom stereocenters. The minimum atomic E-state index is -4.28. The Kier molecular flexibility index (Phi) is 2.85. The normalized spacial score (nSPS) is 30.7. The Balaban J connectivity index is 2.87. The van der Waals surface area contributed by atoms with Crippen LogP contribution in [-0.4, -0.2) is 58.0 Å². The summed E-state index contributed by atoms with van der Waals surface area (Å²) in [6, 6.07) is 0. The molecule has 2 atom stereocenters. The number of hydrogen-bond donors (Lipinski definition) is 2. The van der Waals surface area contributed by atoms with Crippen molar-refractivity contribution in [3.05, 3.63) is 0 Å². The summed E-state index contributed by atoms with van der Waals surface area (Å²) in [5.74, 6) is -2.57. The topological polar surface area (TPSA) is 110 Å². The van der Waals surface area contributed by atoms with E-state index >= 15 is 0 Å². The second kappa shape index (κ2) is 3.53. The molecule has 0 amide bonds. The number of aliphatic hydroxyl groups is 2. The average molecular weight is 371 g/mol. The first kappa shape index (κ1) is 9.67. The number of aliphatic hydroxyl groups excluding tert-OH is 2. The van der Waals surface area contributed by atoms with Gasteiger partial charge in [0.15, 0.2) is 0 Å². The van der Waals surface area contributed by atoms with Crippen molar-refractivity contribution in [2.75, 3.05) is 0 Å². The molecule has 1 saturated heterocycles. The van der Waals surface area contributed by atoms with Gasteiger partial charge in [0, 0.05) is 0 Å². The molecule has 1 rings (SSSR count). The van der Waals surface area contributed by atoms with E-state index in [1.54, 1.807) is 0 Å². The molecule has 1 heterocycles. The van der Waals surface area contributed by atoms with Gasteiger partial charge in [0.05, 0.1) is 0 Å². The second-order valence-electron chi connectivity index (χ2n) is 1.98. The van der Waals surface area contributed by atoms with Crippen LogP contribution in [0, 0.1) is 0 Å². The predicted octanol–water partition coefficient (Wildman–Crippen LogP) is -2.78. The van der Waals surface area contributed by atoms with Gasteiger partial charge in [-0.15, -0.1) is 0 Å². The first-order valence-corrected chi connectivity index (χ1v) is 7.62. The maximum atomic E-state index is 10.6. The van der Waals surface area contributed by atoms with Gasteiger partial charge in [0.1, 0.15) is 0 Å². The zero-order valence-corrected chi connectivity index (χ0v) is 9.48. The van der Waals surface area contributed by atoms with E-state index in [2.05, 4.69) is 5.37 Å². The Morgan fingerprint density at radius 3 is 1.75 bits per heavy atom. The van der Waals surface area contributed by atoms with Crippen molar-refractivity contribution in [1.82, 2.24) is 0 Å². The molecule has 1 aliphatic rings. The van der Waals surface area contributed by atoms with Gasteiger partial charge >= 0.3 is 75.6 Å². The summed E-state index contributed by atoms with van der Waals surface area (Å²) < 4.78 is 18.6. The summed E-state index contributed by atoms with van der Waals surface area (Å²) in [4.78, 5) is 21.1. The summed E-state index contributed by atoms with van der Waals surface area (Å²) >= 11 is -4.28. The molecule has 12 heavy (non-hydrogen) atoms. The fourth-order valence-corrected chi connectivity index (χ4v) is 2.94.